The number of amides is 6. The number of carbonyl (C=O) groups is 5. The molecular weight excluding hydrogens is 915 g/mol. The van der Waals surface area contributed by atoms with Gasteiger partial charge in [-0.1, -0.05) is 13.8 Å². The standard InChI is InChI=1S/C51H68F2N12O6/c1-50(2)10-18-59(19-11-50)31-37-26-39(53)40(28-38(37)52)64-32-46(67)58-51(33-64)12-20-61(21-13-51)44-29-43(55-34-56-44)54-14-6-47(68)62-15-7-35(8-16-62)30-60-22-24-63(25-23-60)48(69)36-4-5-42(71-3)41(27-36)65-17-9-45(66)57-49(65)70/h4-5,26-29,34-35H,6-25,30-33H2,1-3H3,(H,58,67)(H,54,55,56)(H,57,66,70). The van der Waals surface area contributed by atoms with Crippen LogP contribution in [0.3, 0.4) is 0 Å². The van der Waals surface area contributed by atoms with Crippen molar-refractivity contribution in [3.8, 4) is 5.75 Å². The predicted molar refractivity (Wildman–Crippen MR) is 264 cm³/mol. The lowest BCUT2D eigenvalue weighted by Gasteiger charge is -2.48. The number of nitrogens with one attached hydrogen (secondary N) is 3. The molecule has 71 heavy (non-hydrogen) atoms. The maximum Gasteiger partial charge on any atom is 0.328 e. The molecule has 1 aromatic heterocycles. The molecule has 0 aliphatic carbocycles. The number of rotatable bonds is 13. The number of benzene rings is 2. The van der Waals surface area contributed by atoms with Gasteiger partial charge in [0.15, 0.2) is 0 Å². The minimum Gasteiger partial charge on any atom is -0.495 e. The van der Waals surface area contributed by atoms with E-state index in [0.29, 0.717) is 112 Å². The Bertz CT molecular complexity index is 2460. The number of likely N-dealkylation sites (tertiary alicyclic amines) is 2. The first-order valence-electron chi connectivity index (χ1n) is 25.3. The molecule has 9 rings (SSSR count). The topological polar surface area (TPSA) is 179 Å². The van der Waals surface area contributed by atoms with Crippen LogP contribution in [0.2, 0.25) is 0 Å². The Balaban J connectivity index is 0.687. The molecule has 6 aliphatic rings. The summed E-state index contributed by atoms with van der Waals surface area (Å²) in [6.07, 6.45) is 7.05. The minimum absolute atomic E-state index is 0.0405. The summed E-state index contributed by atoms with van der Waals surface area (Å²) in [5.41, 5.74) is 1.03. The van der Waals surface area contributed by atoms with Gasteiger partial charge in [-0.2, -0.15) is 0 Å². The van der Waals surface area contributed by atoms with Crippen LogP contribution in [0.15, 0.2) is 42.7 Å². The van der Waals surface area contributed by atoms with E-state index < -0.39 is 23.2 Å². The van der Waals surface area contributed by atoms with Gasteiger partial charge in [0.25, 0.3) is 5.91 Å². The summed E-state index contributed by atoms with van der Waals surface area (Å²) in [5, 5.41) is 8.82. The molecule has 6 fully saturated rings. The van der Waals surface area contributed by atoms with Gasteiger partial charge >= 0.3 is 6.03 Å². The number of imide groups is 1. The van der Waals surface area contributed by atoms with Crippen LogP contribution in [0.25, 0.3) is 0 Å². The predicted octanol–water partition coefficient (Wildman–Crippen LogP) is 4.31. The van der Waals surface area contributed by atoms with Crippen molar-refractivity contribution in [3.05, 3.63) is 65.5 Å². The first-order chi connectivity index (χ1) is 34.1. The quantitative estimate of drug-likeness (QED) is 0.221. The second-order valence-electron chi connectivity index (χ2n) is 21.0. The molecule has 2 aromatic carbocycles. The molecule has 0 radical (unpaired) electrons. The number of urea groups is 1. The molecule has 0 atom stereocenters. The molecule has 7 heterocycles. The minimum atomic E-state index is -0.595. The number of ether oxygens (including phenoxy) is 1. The Kier molecular flexibility index (Phi) is 14.9. The fourth-order valence-electron chi connectivity index (χ4n) is 11.0. The molecule has 3 aromatic rings. The zero-order valence-electron chi connectivity index (χ0n) is 41.3. The van der Waals surface area contributed by atoms with E-state index in [1.54, 1.807) is 23.1 Å². The van der Waals surface area contributed by atoms with Crippen molar-refractivity contribution in [3.63, 3.8) is 0 Å². The lowest BCUT2D eigenvalue weighted by Crippen LogP contribution is -2.66. The average Bonchev–Trinajstić information content (AvgIpc) is 3.35. The maximum absolute atomic E-state index is 15.7. The smallest absolute Gasteiger partial charge is 0.328 e. The molecule has 0 bridgehead atoms. The fraction of sp³-hybridized carbons (Fsp3) is 0.588. The van der Waals surface area contributed by atoms with Crippen LogP contribution in [0, 0.1) is 23.0 Å². The van der Waals surface area contributed by atoms with Gasteiger partial charge in [0, 0.05) is 121 Å². The van der Waals surface area contributed by atoms with Gasteiger partial charge in [0.2, 0.25) is 17.7 Å². The highest BCUT2D eigenvalue weighted by molar-refractivity contribution is 6.07. The number of nitrogens with zero attached hydrogens (tertiary/aromatic N) is 9. The second kappa shape index (κ2) is 21.3. The molecule has 6 amide bonds. The van der Waals surface area contributed by atoms with Gasteiger partial charge in [-0.05, 0) is 87.2 Å². The Morgan fingerprint density at radius 3 is 2.25 bits per heavy atom. The van der Waals surface area contributed by atoms with Gasteiger partial charge in [0.1, 0.15) is 35.3 Å². The van der Waals surface area contributed by atoms with E-state index >= 15 is 8.78 Å². The first-order valence-corrected chi connectivity index (χ1v) is 25.3. The lowest BCUT2D eigenvalue weighted by molar-refractivity contribution is -0.132. The van der Waals surface area contributed by atoms with E-state index in [1.807, 2.05) is 15.9 Å². The summed E-state index contributed by atoms with van der Waals surface area (Å²) >= 11 is 0. The van der Waals surface area contributed by atoms with Crippen LogP contribution < -0.4 is 35.4 Å². The summed E-state index contributed by atoms with van der Waals surface area (Å²) in [4.78, 5) is 86.8. The van der Waals surface area contributed by atoms with Gasteiger partial charge < -0.3 is 35.0 Å². The number of piperidine rings is 3. The van der Waals surface area contributed by atoms with Gasteiger partial charge in [-0.25, -0.2) is 23.5 Å². The number of anilines is 4. The van der Waals surface area contributed by atoms with Crippen molar-refractivity contribution in [2.45, 2.75) is 77.3 Å². The lowest BCUT2D eigenvalue weighted by atomic mass is 9.82. The number of aromatic nitrogens is 2. The summed E-state index contributed by atoms with van der Waals surface area (Å²) < 4.78 is 36.7. The van der Waals surface area contributed by atoms with Crippen LogP contribution in [0.1, 0.15) is 81.1 Å². The van der Waals surface area contributed by atoms with Crippen LogP contribution in [0.4, 0.5) is 36.6 Å². The SMILES string of the molecule is COc1ccc(C(=O)N2CCN(CC3CCN(C(=O)CCNc4cc(N5CCC6(CC5)CN(c5cc(F)c(CN7CCC(C)(C)CC7)cc5F)CC(=O)N6)ncn4)CC3)CC2)cc1N1CCC(=O)NC1=O. The highest BCUT2D eigenvalue weighted by Gasteiger charge is 2.42. The first kappa shape index (κ1) is 49.8. The van der Waals surface area contributed by atoms with E-state index in [4.69, 9.17) is 4.74 Å². The van der Waals surface area contributed by atoms with E-state index in [0.717, 1.165) is 64.2 Å². The van der Waals surface area contributed by atoms with Crippen LogP contribution in [-0.2, 0) is 20.9 Å². The third kappa shape index (κ3) is 11.8. The van der Waals surface area contributed by atoms with E-state index in [1.165, 1.54) is 30.5 Å². The molecule has 3 N–H and O–H groups in total. The van der Waals surface area contributed by atoms with Crippen molar-refractivity contribution in [2.24, 2.45) is 11.3 Å². The van der Waals surface area contributed by atoms with Crippen molar-refractivity contribution in [2.75, 3.05) is 125 Å². The number of piperazine rings is 2. The zero-order valence-corrected chi connectivity index (χ0v) is 41.3. The summed E-state index contributed by atoms with van der Waals surface area (Å²) in [7, 11) is 1.50. The molecule has 6 aliphatic heterocycles. The van der Waals surface area contributed by atoms with Gasteiger partial charge in [-0.3, -0.25) is 39.2 Å². The molecule has 18 nitrogen and oxygen atoms in total. The Morgan fingerprint density at radius 2 is 1.54 bits per heavy atom. The van der Waals surface area contributed by atoms with Crippen molar-refractivity contribution < 1.29 is 37.5 Å². The largest absolute Gasteiger partial charge is 0.495 e. The van der Waals surface area contributed by atoms with Crippen LogP contribution in [-0.4, -0.2) is 170 Å². The average molecular weight is 983 g/mol. The van der Waals surface area contributed by atoms with Gasteiger partial charge in [-0.15, -0.1) is 0 Å². The van der Waals surface area contributed by atoms with Crippen LogP contribution in [0.5, 0.6) is 5.75 Å². The van der Waals surface area contributed by atoms with Gasteiger partial charge in [0.05, 0.1) is 30.6 Å². The highest BCUT2D eigenvalue weighted by Crippen LogP contribution is 2.35. The number of carbonyl (C=O) groups excluding carboxylic acids is 5. The zero-order chi connectivity index (χ0) is 49.9. The molecule has 0 unspecified atom stereocenters. The molecule has 20 heteroatoms. The van der Waals surface area contributed by atoms with Crippen molar-refractivity contribution in [1.82, 2.24) is 40.2 Å². The Morgan fingerprint density at radius 1 is 0.789 bits per heavy atom. The monoisotopic (exact) mass is 983 g/mol. The van der Waals surface area contributed by atoms with Crippen molar-refractivity contribution in [1.29, 1.82) is 0 Å². The molecule has 6 saturated heterocycles. The van der Waals surface area contributed by atoms with Crippen molar-refractivity contribution >= 4 is 52.7 Å². The molecular formula is C51H68F2N12O6. The van der Waals surface area contributed by atoms with E-state index in [-0.39, 0.29) is 54.2 Å². The molecule has 382 valence electrons. The van der Waals surface area contributed by atoms with E-state index in [9.17, 15) is 24.0 Å². The number of methoxy groups -OCH3 is 1. The maximum atomic E-state index is 15.7. The normalized spacial score (nSPS) is 21.3. The third-order valence-corrected chi connectivity index (χ3v) is 15.5. The summed E-state index contributed by atoms with van der Waals surface area (Å²) in [6, 6.07) is 8.95. The highest BCUT2D eigenvalue weighted by atomic mass is 19.1. The Labute approximate surface area is 414 Å². The summed E-state index contributed by atoms with van der Waals surface area (Å²) in [5.74, 6) is 0.715. The summed E-state index contributed by atoms with van der Waals surface area (Å²) in [6.45, 7) is 13.7. The third-order valence-electron chi connectivity index (χ3n) is 15.5. The Hall–Kier alpha value is -6.15. The number of hydrogen-bond donors (Lipinski definition) is 3. The molecule has 1 spiro atoms. The number of hydrogen-bond acceptors (Lipinski definition) is 13. The second-order valence-corrected chi connectivity index (χ2v) is 21.0. The fourth-order valence-corrected chi connectivity index (χ4v) is 11.0. The van der Waals surface area contributed by atoms with Crippen LogP contribution >= 0.6 is 0 Å². The molecule has 0 saturated carbocycles. The van der Waals surface area contributed by atoms with E-state index in [2.05, 4.69) is 54.5 Å². The number of halogens is 2.